The van der Waals surface area contributed by atoms with E-state index in [9.17, 15) is 13.2 Å². The molecule has 0 unspecified atom stereocenters. The maximum absolute atomic E-state index is 14.0. The maximum atomic E-state index is 14.0. The summed E-state index contributed by atoms with van der Waals surface area (Å²) in [6.45, 7) is 5.57. The standard InChI is InChI=1S/C30H36N2O6S/c1-6-30(7-2)19-25(24-10-8-9-11-27(24)38-30)31-29(33)20-32(26-18-22(36-4)14-17-28(26)37-5)39(34,35)23-15-12-21(3)13-16-23/h8-18,25H,6-7,19-20H2,1-5H3,(H,31,33)/t25-/m1/s1. The second-order valence-electron chi connectivity index (χ2n) is 9.72. The highest BCUT2D eigenvalue weighted by Gasteiger charge is 2.39. The number of benzene rings is 3. The molecule has 9 heteroatoms. The second-order valence-corrected chi connectivity index (χ2v) is 11.6. The van der Waals surface area contributed by atoms with E-state index in [1.165, 1.54) is 26.4 Å². The molecule has 1 amide bonds. The van der Waals surface area contributed by atoms with Gasteiger partial charge in [-0.15, -0.1) is 0 Å². The third-order valence-corrected chi connectivity index (χ3v) is 9.15. The number of rotatable bonds is 10. The number of nitrogens with one attached hydrogen (secondary N) is 1. The first kappa shape index (κ1) is 28.3. The summed E-state index contributed by atoms with van der Waals surface area (Å²) >= 11 is 0. The van der Waals surface area contributed by atoms with Gasteiger partial charge in [-0.25, -0.2) is 8.42 Å². The first-order valence-electron chi connectivity index (χ1n) is 13.0. The van der Waals surface area contributed by atoms with Crippen LogP contribution in [-0.4, -0.2) is 40.7 Å². The number of carbonyl (C=O) groups is 1. The van der Waals surface area contributed by atoms with Gasteiger partial charge in [-0.2, -0.15) is 0 Å². The molecule has 208 valence electrons. The molecule has 8 nitrogen and oxygen atoms in total. The van der Waals surface area contributed by atoms with E-state index in [0.29, 0.717) is 17.9 Å². The third-order valence-electron chi connectivity index (χ3n) is 7.37. The van der Waals surface area contributed by atoms with Crippen LogP contribution in [0.25, 0.3) is 0 Å². The van der Waals surface area contributed by atoms with Crippen molar-refractivity contribution in [2.24, 2.45) is 0 Å². The highest BCUT2D eigenvalue weighted by atomic mass is 32.2. The number of hydrogen-bond acceptors (Lipinski definition) is 6. The highest BCUT2D eigenvalue weighted by Crippen LogP contribution is 2.43. The highest BCUT2D eigenvalue weighted by molar-refractivity contribution is 7.92. The van der Waals surface area contributed by atoms with E-state index in [1.54, 1.807) is 30.3 Å². The SMILES string of the molecule is CCC1(CC)C[C@@H](NC(=O)CN(c2cc(OC)ccc2OC)S(=O)(=O)c2ccc(C)cc2)c2ccccc2O1. The van der Waals surface area contributed by atoms with Gasteiger partial charge in [0.25, 0.3) is 10.0 Å². The molecule has 0 aliphatic carbocycles. The fraction of sp³-hybridized carbons (Fsp3) is 0.367. The van der Waals surface area contributed by atoms with Gasteiger partial charge in [0.1, 0.15) is 29.4 Å². The molecule has 39 heavy (non-hydrogen) atoms. The summed E-state index contributed by atoms with van der Waals surface area (Å²) < 4.78 is 46.2. The molecule has 0 saturated heterocycles. The zero-order chi connectivity index (χ0) is 28.2. The number of fused-ring (bicyclic) bond motifs is 1. The van der Waals surface area contributed by atoms with Gasteiger partial charge in [0, 0.05) is 18.1 Å². The molecule has 0 aromatic heterocycles. The number of hydrogen-bond donors (Lipinski definition) is 1. The van der Waals surface area contributed by atoms with Crippen LogP contribution in [0.3, 0.4) is 0 Å². The molecule has 4 rings (SSSR count). The van der Waals surface area contributed by atoms with Crippen molar-refractivity contribution < 1.29 is 27.4 Å². The number of amides is 1. The molecule has 1 aliphatic heterocycles. The minimum absolute atomic E-state index is 0.0677. The van der Waals surface area contributed by atoms with Gasteiger partial charge in [0.05, 0.1) is 30.8 Å². The molecule has 3 aromatic carbocycles. The van der Waals surface area contributed by atoms with Crippen molar-refractivity contribution in [1.29, 1.82) is 0 Å². The Morgan fingerprint density at radius 1 is 1.03 bits per heavy atom. The molecule has 0 saturated carbocycles. The van der Waals surface area contributed by atoms with E-state index in [4.69, 9.17) is 14.2 Å². The zero-order valence-corrected chi connectivity index (χ0v) is 23.9. The molecule has 1 heterocycles. The van der Waals surface area contributed by atoms with Crippen molar-refractivity contribution in [2.75, 3.05) is 25.1 Å². The van der Waals surface area contributed by atoms with Crippen LogP contribution in [0, 0.1) is 6.92 Å². The molecule has 1 atom stereocenters. The van der Waals surface area contributed by atoms with Crippen LogP contribution in [0.1, 0.15) is 50.3 Å². The Bertz CT molecular complexity index is 1420. The van der Waals surface area contributed by atoms with Gasteiger partial charge in [-0.3, -0.25) is 9.10 Å². The van der Waals surface area contributed by atoms with Gasteiger partial charge in [-0.05, 0) is 50.1 Å². The number of aryl methyl sites for hydroxylation is 1. The van der Waals surface area contributed by atoms with Crippen molar-refractivity contribution in [3.8, 4) is 17.2 Å². The monoisotopic (exact) mass is 552 g/mol. The van der Waals surface area contributed by atoms with Crippen molar-refractivity contribution >= 4 is 21.6 Å². The Hall–Kier alpha value is -3.72. The lowest BCUT2D eigenvalue weighted by Crippen LogP contribution is -2.47. The molecule has 0 radical (unpaired) electrons. The van der Waals surface area contributed by atoms with E-state index in [0.717, 1.165) is 34.0 Å². The van der Waals surface area contributed by atoms with Crippen molar-refractivity contribution in [2.45, 2.75) is 56.6 Å². The van der Waals surface area contributed by atoms with Crippen molar-refractivity contribution in [1.82, 2.24) is 5.32 Å². The number of sulfonamides is 1. The smallest absolute Gasteiger partial charge is 0.264 e. The zero-order valence-electron chi connectivity index (χ0n) is 23.1. The van der Waals surface area contributed by atoms with Crippen LogP contribution in [-0.2, 0) is 14.8 Å². The van der Waals surface area contributed by atoms with Crippen LogP contribution < -0.4 is 23.8 Å². The molecule has 0 fully saturated rings. The second kappa shape index (κ2) is 11.6. The van der Waals surface area contributed by atoms with Gasteiger partial charge in [0.2, 0.25) is 5.91 Å². The fourth-order valence-corrected chi connectivity index (χ4v) is 6.35. The third kappa shape index (κ3) is 5.83. The van der Waals surface area contributed by atoms with Gasteiger partial charge in [0.15, 0.2) is 0 Å². The minimum Gasteiger partial charge on any atom is -0.497 e. The number of methoxy groups -OCH3 is 2. The lowest BCUT2D eigenvalue weighted by atomic mass is 9.83. The molecular formula is C30H36N2O6S. The first-order chi connectivity index (χ1) is 18.7. The molecule has 0 spiro atoms. The number of anilines is 1. The van der Waals surface area contributed by atoms with E-state index in [2.05, 4.69) is 19.2 Å². The molecule has 3 aromatic rings. The Morgan fingerprint density at radius 2 is 1.72 bits per heavy atom. The summed E-state index contributed by atoms with van der Waals surface area (Å²) in [4.78, 5) is 13.7. The summed E-state index contributed by atoms with van der Waals surface area (Å²) in [7, 11) is -1.20. The Balaban J connectivity index is 1.72. The predicted octanol–water partition coefficient (Wildman–Crippen LogP) is 5.41. The quantitative estimate of drug-likeness (QED) is 0.362. The average molecular weight is 553 g/mol. The van der Waals surface area contributed by atoms with Gasteiger partial charge < -0.3 is 19.5 Å². The number of carbonyl (C=O) groups excluding carboxylic acids is 1. The van der Waals surface area contributed by atoms with Crippen LogP contribution in [0.4, 0.5) is 5.69 Å². The molecule has 0 bridgehead atoms. The van der Waals surface area contributed by atoms with Crippen LogP contribution >= 0.6 is 0 Å². The van der Waals surface area contributed by atoms with Gasteiger partial charge in [-0.1, -0.05) is 49.7 Å². The van der Waals surface area contributed by atoms with E-state index >= 15 is 0 Å². The summed E-state index contributed by atoms with van der Waals surface area (Å²) in [6.07, 6.45) is 2.13. The molecular weight excluding hydrogens is 516 g/mol. The predicted molar refractivity (Wildman–Crippen MR) is 151 cm³/mol. The van der Waals surface area contributed by atoms with Crippen molar-refractivity contribution in [3.63, 3.8) is 0 Å². The minimum atomic E-state index is -4.14. The van der Waals surface area contributed by atoms with Gasteiger partial charge >= 0.3 is 0 Å². The summed E-state index contributed by atoms with van der Waals surface area (Å²) in [5.41, 5.74) is 1.58. The first-order valence-corrected chi connectivity index (χ1v) is 14.5. The molecule has 1 N–H and O–H groups in total. The Labute approximate surface area is 230 Å². The van der Waals surface area contributed by atoms with E-state index < -0.39 is 28.1 Å². The number of para-hydroxylation sites is 1. The van der Waals surface area contributed by atoms with Crippen LogP contribution in [0.15, 0.2) is 71.6 Å². The van der Waals surface area contributed by atoms with E-state index in [1.807, 2.05) is 31.2 Å². The Morgan fingerprint density at radius 3 is 2.36 bits per heavy atom. The van der Waals surface area contributed by atoms with Crippen LogP contribution in [0.2, 0.25) is 0 Å². The summed E-state index contributed by atoms with van der Waals surface area (Å²) in [5, 5.41) is 3.10. The molecule has 1 aliphatic rings. The summed E-state index contributed by atoms with van der Waals surface area (Å²) in [6, 6.07) is 18.7. The van der Waals surface area contributed by atoms with Crippen molar-refractivity contribution in [3.05, 3.63) is 77.9 Å². The van der Waals surface area contributed by atoms with E-state index in [-0.39, 0.29) is 16.6 Å². The topological polar surface area (TPSA) is 94.2 Å². The largest absolute Gasteiger partial charge is 0.497 e. The summed E-state index contributed by atoms with van der Waals surface area (Å²) in [5.74, 6) is 1.02. The normalized spacial score (nSPS) is 16.0. The lowest BCUT2D eigenvalue weighted by Gasteiger charge is -2.41. The number of ether oxygens (including phenoxy) is 3. The van der Waals surface area contributed by atoms with Crippen LogP contribution in [0.5, 0.6) is 17.2 Å². The maximum Gasteiger partial charge on any atom is 0.264 e. The Kier molecular flexibility index (Phi) is 8.39. The average Bonchev–Trinajstić information content (AvgIpc) is 2.95. The lowest BCUT2D eigenvalue weighted by molar-refractivity contribution is -0.121. The number of nitrogens with zero attached hydrogens (tertiary/aromatic N) is 1. The fourth-order valence-electron chi connectivity index (χ4n) is 4.93.